The van der Waals surface area contributed by atoms with Crippen LogP contribution in [0.15, 0.2) is 0 Å². The first kappa shape index (κ1) is 19.0. The van der Waals surface area contributed by atoms with Gasteiger partial charge >= 0.3 is 0 Å². The van der Waals surface area contributed by atoms with Gasteiger partial charge in [0, 0.05) is 25.2 Å². The Morgan fingerprint density at radius 2 is 2.00 bits per heavy atom. The number of carbonyl (C=O) groups excluding carboxylic acids is 1. The van der Waals surface area contributed by atoms with Crippen molar-refractivity contribution in [1.82, 2.24) is 10.2 Å². The largest absolute Gasteiger partial charge is 0.353 e. The summed E-state index contributed by atoms with van der Waals surface area (Å²) < 4.78 is 0. The minimum atomic E-state index is -0.438. The molecule has 2 aliphatic heterocycles. The number of nitrogens with two attached hydrogens (primary N) is 1. The zero-order valence-corrected chi connectivity index (χ0v) is 13.5. The molecule has 6 heteroatoms. The van der Waals surface area contributed by atoms with Crippen LogP contribution in [0, 0.1) is 5.41 Å². The standard InChI is InChI=1S/C13H25N3O.2ClH/c1-13(2,9-14)12(17)15-10-5-7-16-6-3-4-11(16)8-10;;/h10-11H,3-9,14H2,1-2H3,(H,15,17);2*1H. The lowest BCUT2D eigenvalue weighted by Crippen LogP contribution is -2.51. The van der Waals surface area contributed by atoms with E-state index in [0.29, 0.717) is 18.6 Å². The van der Waals surface area contributed by atoms with Crippen LogP contribution in [0.25, 0.3) is 0 Å². The predicted molar refractivity (Wildman–Crippen MR) is 83.1 cm³/mol. The summed E-state index contributed by atoms with van der Waals surface area (Å²) in [6.45, 7) is 6.61. The van der Waals surface area contributed by atoms with E-state index >= 15 is 0 Å². The van der Waals surface area contributed by atoms with Crippen molar-refractivity contribution in [2.45, 2.75) is 51.6 Å². The Morgan fingerprint density at radius 3 is 2.63 bits per heavy atom. The van der Waals surface area contributed by atoms with Crippen molar-refractivity contribution in [2.24, 2.45) is 11.1 Å². The van der Waals surface area contributed by atoms with Gasteiger partial charge in [0.05, 0.1) is 5.41 Å². The molecule has 2 rings (SSSR count). The van der Waals surface area contributed by atoms with Crippen molar-refractivity contribution < 1.29 is 4.79 Å². The van der Waals surface area contributed by atoms with Gasteiger partial charge in [-0.15, -0.1) is 24.8 Å². The maximum Gasteiger partial charge on any atom is 0.227 e. The van der Waals surface area contributed by atoms with Crippen LogP contribution in [0.2, 0.25) is 0 Å². The van der Waals surface area contributed by atoms with E-state index in [9.17, 15) is 4.79 Å². The molecular weight excluding hydrogens is 285 g/mol. The monoisotopic (exact) mass is 311 g/mol. The highest BCUT2D eigenvalue weighted by molar-refractivity contribution is 5.85. The Morgan fingerprint density at radius 1 is 1.32 bits per heavy atom. The molecule has 2 unspecified atom stereocenters. The molecule has 0 aliphatic carbocycles. The molecule has 3 N–H and O–H groups in total. The maximum absolute atomic E-state index is 12.1. The van der Waals surface area contributed by atoms with Crippen LogP contribution in [0.4, 0.5) is 0 Å². The SMILES string of the molecule is CC(C)(CN)C(=O)NC1CCN2CCCC2C1.Cl.Cl. The van der Waals surface area contributed by atoms with Crippen molar-refractivity contribution in [3.8, 4) is 0 Å². The molecule has 114 valence electrons. The van der Waals surface area contributed by atoms with Gasteiger partial charge in [0.25, 0.3) is 0 Å². The number of nitrogens with zero attached hydrogens (tertiary/aromatic N) is 1. The third-order valence-electron chi connectivity index (χ3n) is 4.28. The summed E-state index contributed by atoms with van der Waals surface area (Å²) in [7, 11) is 0. The Labute approximate surface area is 128 Å². The van der Waals surface area contributed by atoms with Crippen molar-refractivity contribution in [3.05, 3.63) is 0 Å². The minimum absolute atomic E-state index is 0. The van der Waals surface area contributed by atoms with E-state index in [1.807, 2.05) is 13.8 Å². The molecule has 0 aromatic rings. The van der Waals surface area contributed by atoms with Crippen molar-refractivity contribution in [1.29, 1.82) is 0 Å². The van der Waals surface area contributed by atoms with Gasteiger partial charge in [0.2, 0.25) is 5.91 Å². The van der Waals surface area contributed by atoms with Crippen molar-refractivity contribution >= 4 is 30.7 Å². The fraction of sp³-hybridized carbons (Fsp3) is 0.923. The van der Waals surface area contributed by atoms with Crippen LogP contribution in [0.5, 0.6) is 0 Å². The van der Waals surface area contributed by atoms with Crippen LogP contribution in [-0.2, 0) is 4.79 Å². The van der Waals surface area contributed by atoms with E-state index in [1.165, 1.54) is 19.4 Å². The summed E-state index contributed by atoms with van der Waals surface area (Å²) in [5.74, 6) is 0.108. The summed E-state index contributed by atoms with van der Waals surface area (Å²) in [6, 6.07) is 1.06. The van der Waals surface area contributed by atoms with E-state index in [4.69, 9.17) is 5.73 Å². The number of nitrogens with one attached hydrogen (secondary N) is 1. The van der Waals surface area contributed by atoms with Crippen LogP contribution in [0.3, 0.4) is 0 Å². The Hall–Kier alpha value is -0.0300. The molecule has 0 spiro atoms. The fourth-order valence-corrected chi connectivity index (χ4v) is 2.83. The Kier molecular flexibility index (Phi) is 7.66. The fourth-order valence-electron chi connectivity index (χ4n) is 2.83. The smallest absolute Gasteiger partial charge is 0.227 e. The van der Waals surface area contributed by atoms with Gasteiger partial charge in [-0.3, -0.25) is 4.79 Å². The molecule has 0 saturated carbocycles. The molecule has 2 aliphatic rings. The van der Waals surface area contributed by atoms with Crippen molar-refractivity contribution in [3.63, 3.8) is 0 Å². The number of carbonyl (C=O) groups is 1. The van der Waals surface area contributed by atoms with Gasteiger partial charge in [0.1, 0.15) is 0 Å². The van der Waals surface area contributed by atoms with Crippen LogP contribution in [-0.4, -0.2) is 42.5 Å². The second-order valence-corrected chi connectivity index (χ2v) is 6.11. The number of piperidine rings is 1. The first-order valence-electron chi connectivity index (χ1n) is 6.78. The van der Waals surface area contributed by atoms with Crippen LogP contribution >= 0.6 is 24.8 Å². The first-order chi connectivity index (χ1) is 8.03. The summed E-state index contributed by atoms with van der Waals surface area (Å²) in [6.07, 6.45) is 4.82. The molecule has 2 heterocycles. The predicted octanol–water partition coefficient (Wildman–Crippen LogP) is 1.56. The normalized spacial score (nSPS) is 26.9. The van der Waals surface area contributed by atoms with Crippen molar-refractivity contribution in [2.75, 3.05) is 19.6 Å². The van der Waals surface area contributed by atoms with Gasteiger partial charge in [-0.25, -0.2) is 0 Å². The molecule has 0 aromatic heterocycles. The molecule has 19 heavy (non-hydrogen) atoms. The lowest BCUT2D eigenvalue weighted by Gasteiger charge is -2.36. The topological polar surface area (TPSA) is 58.4 Å². The van der Waals surface area contributed by atoms with Gasteiger partial charge in [-0.05, 0) is 46.1 Å². The number of fused-ring (bicyclic) bond motifs is 1. The highest BCUT2D eigenvalue weighted by atomic mass is 35.5. The molecule has 0 radical (unpaired) electrons. The summed E-state index contributed by atoms with van der Waals surface area (Å²) in [5, 5.41) is 3.18. The Balaban J connectivity index is 0.00000162. The molecule has 2 atom stereocenters. The molecule has 1 amide bonds. The highest BCUT2D eigenvalue weighted by Gasteiger charge is 2.34. The zero-order chi connectivity index (χ0) is 12.5. The zero-order valence-electron chi connectivity index (χ0n) is 11.9. The van der Waals surface area contributed by atoms with Crippen LogP contribution < -0.4 is 11.1 Å². The van der Waals surface area contributed by atoms with Gasteiger partial charge in [-0.1, -0.05) is 0 Å². The number of halogens is 2. The number of hydrogen-bond donors (Lipinski definition) is 2. The molecule has 4 nitrogen and oxygen atoms in total. The van der Waals surface area contributed by atoms with E-state index < -0.39 is 5.41 Å². The Bertz CT molecular complexity index is 300. The van der Waals surface area contributed by atoms with Gasteiger partial charge in [0.15, 0.2) is 0 Å². The van der Waals surface area contributed by atoms with E-state index in [-0.39, 0.29) is 30.7 Å². The van der Waals surface area contributed by atoms with E-state index in [0.717, 1.165) is 19.4 Å². The molecule has 2 fully saturated rings. The summed E-state index contributed by atoms with van der Waals surface area (Å²) in [5.41, 5.74) is 5.19. The molecule has 2 saturated heterocycles. The second-order valence-electron chi connectivity index (χ2n) is 6.11. The minimum Gasteiger partial charge on any atom is -0.353 e. The van der Waals surface area contributed by atoms with Gasteiger partial charge in [-0.2, -0.15) is 0 Å². The summed E-state index contributed by atoms with van der Waals surface area (Å²) in [4.78, 5) is 14.6. The number of amides is 1. The average molecular weight is 312 g/mol. The van der Waals surface area contributed by atoms with Gasteiger partial charge < -0.3 is 16.0 Å². The first-order valence-corrected chi connectivity index (χ1v) is 6.78. The third-order valence-corrected chi connectivity index (χ3v) is 4.28. The maximum atomic E-state index is 12.1. The lowest BCUT2D eigenvalue weighted by molar-refractivity contribution is -0.130. The summed E-state index contributed by atoms with van der Waals surface area (Å²) >= 11 is 0. The third kappa shape index (κ3) is 4.48. The highest BCUT2D eigenvalue weighted by Crippen LogP contribution is 2.27. The average Bonchev–Trinajstić information content (AvgIpc) is 2.76. The molecule has 0 aromatic carbocycles. The quantitative estimate of drug-likeness (QED) is 0.831. The van der Waals surface area contributed by atoms with E-state index in [2.05, 4.69) is 10.2 Å². The van der Waals surface area contributed by atoms with Crippen LogP contribution in [0.1, 0.15) is 39.5 Å². The lowest BCUT2D eigenvalue weighted by atomic mass is 9.90. The number of rotatable bonds is 3. The molecule has 0 bridgehead atoms. The van der Waals surface area contributed by atoms with E-state index in [1.54, 1.807) is 0 Å². The molecular formula is C13H27Cl2N3O. The number of hydrogen-bond acceptors (Lipinski definition) is 3. The second kappa shape index (κ2) is 7.67.